The van der Waals surface area contributed by atoms with Crippen molar-refractivity contribution in [2.45, 2.75) is 24.6 Å². The highest BCUT2D eigenvalue weighted by molar-refractivity contribution is 6.31. The zero-order valence-electron chi connectivity index (χ0n) is 10.9. The van der Waals surface area contributed by atoms with Gasteiger partial charge in [-0.15, -0.1) is 0 Å². The number of carbonyl (C=O) groups is 1. The highest BCUT2D eigenvalue weighted by atomic mass is 35.5. The van der Waals surface area contributed by atoms with E-state index >= 15 is 0 Å². The molecule has 2 fully saturated rings. The zero-order valence-corrected chi connectivity index (χ0v) is 11.6. The molecular weight excluding hydrogens is 307 g/mol. The van der Waals surface area contributed by atoms with Crippen LogP contribution < -0.4 is 5.32 Å². The van der Waals surface area contributed by atoms with Gasteiger partial charge in [-0.05, 0) is 24.8 Å². The van der Waals surface area contributed by atoms with Gasteiger partial charge in [0, 0.05) is 10.6 Å². The minimum absolute atomic E-state index is 0.194. The van der Waals surface area contributed by atoms with Gasteiger partial charge in [-0.25, -0.2) is 0 Å². The Bertz CT molecular complexity index is 598. The van der Waals surface area contributed by atoms with Crippen LogP contribution in [-0.2, 0) is 10.4 Å². The van der Waals surface area contributed by atoms with Crippen molar-refractivity contribution in [2.75, 3.05) is 6.54 Å². The Morgan fingerprint density at radius 1 is 1.38 bits per heavy atom. The molecule has 0 heterocycles. The average molecular weight is 320 g/mol. The highest BCUT2D eigenvalue weighted by Gasteiger charge is 2.74. The lowest BCUT2D eigenvalue weighted by Crippen LogP contribution is -2.51. The van der Waals surface area contributed by atoms with E-state index in [0.29, 0.717) is 5.92 Å². The second kappa shape index (κ2) is 4.36. The first-order valence-electron chi connectivity index (χ1n) is 6.53. The minimum Gasteiger partial charge on any atom is -0.375 e. The van der Waals surface area contributed by atoms with Crippen molar-refractivity contribution in [3.8, 4) is 0 Å². The summed E-state index contributed by atoms with van der Waals surface area (Å²) >= 11 is 5.77. The van der Waals surface area contributed by atoms with Crippen molar-refractivity contribution in [3.63, 3.8) is 0 Å². The van der Waals surface area contributed by atoms with E-state index in [1.807, 2.05) is 0 Å². The summed E-state index contributed by atoms with van der Waals surface area (Å²) in [7, 11) is 0. The third-order valence-electron chi connectivity index (χ3n) is 4.43. The third-order valence-corrected chi connectivity index (χ3v) is 4.76. The Balaban J connectivity index is 1.83. The Hall–Kier alpha value is -1.27. The quantitative estimate of drug-likeness (QED) is 0.896. The maximum Gasteiger partial charge on any atom is 0.423 e. The largest absolute Gasteiger partial charge is 0.423 e. The number of nitrogens with one attached hydrogen (secondary N) is 1. The van der Waals surface area contributed by atoms with E-state index in [2.05, 4.69) is 5.32 Å². The minimum atomic E-state index is -4.95. The van der Waals surface area contributed by atoms with Gasteiger partial charge < -0.3 is 10.4 Å². The topological polar surface area (TPSA) is 49.3 Å². The molecule has 2 aliphatic carbocycles. The van der Waals surface area contributed by atoms with Crippen molar-refractivity contribution < 1.29 is 23.1 Å². The van der Waals surface area contributed by atoms with Gasteiger partial charge in [-0.3, -0.25) is 4.79 Å². The molecule has 1 unspecified atom stereocenters. The maximum atomic E-state index is 13.3. The second-order valence-electron chi connectivity index (χ2n) is 5.78. The molecule has 0 spiro atoms. The summed E-state index contributed by atoms with van der Waals surface area (Å²) in [5.41, 5.74) is -4.11. The molecule has 1 aromatic rings. The van der Waals surface area contributed by atoms with E-state index < -0.39 is 35.2 Å². The van der Waals surface area contributed by atoms with Crippen LogP contribution in [0.25, 0.3) is 0 Å². The summed E-state index contributed by atoms with van der Waals surface area (Å²) in [5, 5.41) is 12.2. The number of aliphatic hydroxyl groups is 1. The van der Waals surface area contributed by atoms with Crippen LogP contribution >= 0.6 is 11.6 Å². The molecule has 2 aliphatic rings. The fourth-order valence-corrected chi connectivity index (χ4v) is 2.89. The van der Waals surface area contributed by atoms with E-state index in [1.54, 1.807) is 0 Å². The first kappa shape index (κ1) is 14.7. The zero-order chi connectivity index (χ0) is 15.5. The summed E-state index contributed by atoms with van der Waals surface area (Å²) in [6.45, 7) is -0.937. The Kier molecular flexibility index (Phi) is 3.05. The average Bonchev–Trinajstić information content (AvgIpc) is 3.23. The summed E-state index contributed by atoms with van der Waals surface area (Å²) in [4.78, 5) is 11.8. The number of hydrogen-bond donors (Lipinski definition) is 2. The fourth-order valence-electron chi connectivity index (χ4n) is 2.60. The number of rotatable bonds is 4. The van der Waals surface area contributed by atoms with Crippen molar-refractivity contribution >= 4 is 17.5 Å². The molecule has 3 nitrogen and oxygen atoms in total. The molecule has 21 heavy (non-hydrogen) atoms. The van der Waals surface area contributed by atoms with Gasteiger partial charge in [0.05, 0.1) is 12.0 Å². The van der Waals surface area contributed by atoms with Crippen LogP contribution in [0.15, 0.2) is 24.3 Å². The molecule has 0 saturated heterocycles. The van der Waals surface area contributed by atoms with Crippen LogP contribution in [0.2, 0.25) is 5.02 Å². The van der Waals surface area contributed by atoms with Gasteiger partial charge in [-0.2, -0.15) is 13.2 Å². The molecule has 1 aromatic carbocycles. The maximum absolute atomic E-state index is 13.3. The van der Waals surface area contributed by atoms with E-state index in [4.69, 9.17) is 11.6 Å². The lowest BCUT2D eigenvalue weighted by molar-refractivity contribution is -0.264. The Labute approximate surface area is 124 Å². The van der Waals surface area contributed by atoms with E-state index in [-0.39, 0.29) is 5.02 Å². The van der Waals surface area contributed by atoms with Crippen LogP contribution in [0.3, 0.4) is 0 Å². The number of alkyl halides is 3. The van der Waals surface area contributed by atoms with Crippen molar-refractivity contribution in [2.24, 2.45) is 11.3 Å². The van der Waals surface area contributed by atoms with Gasteiger partial charge in [0.25, 0.3) is 0 Å². The molecule has 114 valence electrons. The molecule has 0 aromatic heterocycles. The van der Waals surface area contributed by atoms with Gasteiger partial charge >= 0.3 is 6.18 Å². The fraction of sp³-hybridized carbons (Fsp3) is 0.500. The third kappa shape index (κ3) is 2.21. The van der Waals surface area contributed by atoms with Crippen molar-refractivity contribution in [3.05, 3.63) is 34.9 Å². The highest BCUT2D eigenvalue weighted by Crippen LogP contribution is 2.75. The lowest BCUT2D eigenvalue weighted by Gasteiger charge is -2.32. The normalized spacial score (nSPS) is 29.3. The van der Waals surface area contributed by atoms with E-state index in [0.717, 1.165) is 18.9 Å². The number of fused-ring (bicyclic) bond motifs is 1. The smallest absolute Gasteiger partial charge is 0.375 e. The number of hydrogen-bond acceptors (Lipinski definition) is 2. The molecular formula is C14H13ClF3NO2. The van der Waals surface area contributed by atoms with Crippen LogP contribution in [0.4, 0.5) is 13.2 Å². The van der Waals surface area contributed by atoms with Crippen LogP contribution in [-0.4, -0.2) is 23.7 Å². The Morgan fingerprint density at radius 3 is 2.43 bits per heavy atom. The molecule has 1 atom stereocenters. The number of halogens is 4. The van der Waals surface area contributed by atoms with Gasteiger partial charge in [0.2, 0.25) is 11.5 Å². The lowest BCUT2D eigenvalue weighted by atomic mass is 9.92. The van der Waals surface area contributed by atoms with Gasteiger partial charge in [0.1, 0.15) is 0 Å². The predicted octanol–water partition coefficient (Wildman–Crippen LogP) is 2.62. The summed E-state index contributed by atoms with van der Waals surface area (Å²) in [6.07, 6.45) is -3.49. The van der Waals surface area contributed by atoms with Crippen LogP contribution in [0.5, 0.6) is 0 Å². The predicted molar refractivity (Wildman–Crippen MR) is 69.6 cm³/mol. The van der Waals surface area contributed by atoms with E-state index in [9.17, 15) is 23.1 Å². The molecule has 0 radical (unpaired) electrons. The SMILES string of the molecule is O=C(NCC(O)(c1ccccc1Cl)C(F)(F)F)C12CC1C2. The standard InChI is InChI=1S/C14H13ClF3NO2/c15-10-4-2-1-3-9(10)13(21,14(16,17)18)7-19-11(20)12-5-8(12)6-12/h1-4,8,21H,5-7H2,(H,19,20). The molecule has 3 rings (SSSR count). The van der Waals surface area contributed by atoms with Crippen molar-refractivity contribution in [1.29, 1.82) is 0 Å². The second-order valence-corrected chi connectivity index (χ2v) is 6.19. The van der Waals surface area contributed by atoms with E-state index in [1.165, 1.54) is 18.2 Å². The monoisotopic (exact) mass is 319 g/mol. The van der Waals surface area contributed by atoms with Gasteiger partial charge in [-0.1, -0.05) is 29.8 Å². The molecule has 1 amide bonds. The molecule has 2 saturated carbocycles. The number of carbonyl (C=O) groups excluding carboxylic acids is 1. The molecule has 7 heteroatoms. The molecule has 2 N–H and O–H groups in total. The van der Waals surface area contributed by atoms with Crippen molar-refractivity contribution in [1.82, 2.24) is 5.32 Å². The summed E-state index contributed by atoms with van der Waals surface area (Å²) < 4.78 is 39.8. The summed E-state index contributed by atoms with van der Waals surface area (Å²) in [5.74, 6) is -0.0981. The number of amides is 1. The first-order valence-corrected chi connectivity index (χ1v) is 6.91. The van der Waals surface area contributed by atoms with Gasteiger partial charge in [0.15, 0.2) is 0 Å². The number of benzene rings is 1. The summed E-state index contributed by atoms with van der Waals surface area (Å²) in [6, 6.07) is 5.21. The van der Waals surface area contributed by atoms with Crippen LogP contribution in [0, 0.1) is 11.3 Å². The molecule has 0 bridgehead atoms. The first-order chi connectivity index (χ1) is 9.71. The molecule has 0 aliphatic heterocycles. The Morgan fingerprint density at radius 2 is 1.95 bits per heavy atom. The van der Waals surface area contributed by atoms with Crippen LogP contribution in [0.1, 0.15) is 18.4 Å².